The van der Waals surface area contributed by atoms with Gasteiger partial charge in [-0.15, -0.1) is 20.3 Å². The van der Waals surface area contributed by atoms with E-state index in [1.54, 1.807) is 0 Å². The molecule has 62 valence electrons. The van der Waals surface area contributed by atoms with E-state index in [-0.39, 0.29) is 5.69 Å². The van der Waals surface area contributed by atoms with Crippen LogP contribution in [0.1, 0.15) is 10.5 Å². The standard InChI is InChI=1S/C3HN5O4/c9-3(12-8(10)11)2-1-4-6-7-5-2/h1H. The highest BCUT2D eigenvalue weighted by atomic mass is 17.0. The average molecular weight is 171 g/mol. The molecule has 1 aromatic rings. The number of carbonyl (C=O) groups excluding carboxylic acids is 1. The largest absolute Gasteiger partial charge is 0.356 e. The van der Waals surface area contributed by atoms with Gasteiger partial charge in [-0.05, 0) is 10.4 Å². The van der Waals surface area contributed by atoms with Gasteiger partial charge in [-0.25, -0.2) is 4.84 Å². The second kappa shape index (κ2) is 3.27. The summed E-state index contributed by atoms with van der Waals surface area (Å²) in [6.07, 6.45) is 0.902. The normalized spacial score (nSPS) is 9.00. The van der Waals surface area contributed by atoms with Crippen molar-refractivity contribution in [3.8, 4) is 0 Å². The van der Waals surface area contributed by atoms with Crippen LogP contribution in [0.2, 0.25) is 0 Å². The Morgan fingerprint density at radius 1 is 1.58 bits per heavy atom. The minimum atomic E-state index is -1.25. The Morgan fingerprint density at radius 2 is 2.33 bits per heavy atom. The Balaban J connectivity index is 2.73. The highest BCUT2D eigenvalue weighted by Gasteiger charge is 2.12. The number of hydrogen-bond acceptors (Lipinski definition) is 8. The van der Waals surface area contributed by atoms with Crippen LogP contribution in [-0.2, 0) is 4.84 Å². The van der Waals surface area contributed by atoms with Crippen molar-refractivity contribution in [2.45, 2.75) is 0 Å². The zero-order chi connectivity index (χ0) is 8.97. The molecule has 9 heteroatoms. The minimum Gasteiger partial charge on any atom is -0.261 e. The third-order valence-corrected chi connectivity index (χ3v) is 0.791. The molecule has 0 unspecified atom stereocenters. The van der Waals surface area contributed by atoms with Gasteiger partial charge in [0.1, 0.15) is 0 Å². The molecular weight excluding hydrogens is 170 g/mol. The van der Waals surface area contributed by atoms with Crippen molar-refractivity contribution >= 4 is 5.97 Å². The van der Waals surface area contributed by atoms with Crippen LogP contribution in [0.5, 0.6) is 0 Å². The molecule has 0 spiro atoms. The molecule has 9 nitrogen and oxygen atoms in total. The summed E-state index contributed by atoms with van der Waals surface area (Å²) < 4.78 is 0. The van der Waals surface area contributed by atoms with Gasteiger partial charge in [-0.3, -0.25) is 4.79 Å². The van der Waals surface area contributed by atoms with Crippen LogP contribution < -0.4 is 0 Å². The van der Waals surface area contributed by atoms with Crippen LogP contribution in [0.25, 0.3) is 0 Å². The summed E-state index contributed by atoms with van der Waals surface area (Å²) in [6, 6.07) is 0. The summed E-state index contributed by atoms with van der Waals surface area (Å²) in [6.45, 7) is 0. The highest BCUT2D eigenvalue weighted by Crippen LogP contribution is 1.91. The third-order valence-electron chi connectivity index (χ3n) is 0.791. The number of aromatic nitrogens is 4. The first-order valence-electron chi connectivity index (χ1n) is 2.58. The number of hydrogen-bond donors (Lipinski definition) is 0. The SMILES string of the molecule is O=C(O[N+](=O)[O-])c1cnnnn1. The van der Waals surface area contributed by atoms with Gasteiger partial charge in [0.05, 0.1) is 6.20 Å². The number of nitrogens with zero attached hydrogens (tertiary/aromatic N) is 5. The molecule has 1 rings (SSSR count). The molecule has 0 radical (unpaired) electrons. The van der Waals surface area contributed by atoms with Crippen molar-refractivity contribution in [2.75, 3.05) is 0 Å². The molecular formula is C3HN5O4. The average Bonchev–Trinajstić information content (AvgIpc) is 2.05. The fourth-order valence-corrected chi connectivity index (χ4v) is 0.406. The maximum absolute atomic E-state index is 10.6. The predicted octanol–water partition coefficient (Wildman–Crippen LogP) is -1.38. The molecule has 0 aliphatic carbocycles. The second-order valence-corrected chi connectivity index (χ2v) is 1.51. The molecule has 0 fully saturated rings. The zero-order valence-corrected chi connectivity index (χ0v) is 5.45. The maximum atomic E-state index is 10.6. The summed E-state index contributed by atoms with van der Waals surface area (Å²) in [4.78, 5) is 23.8. The van der Waals surface area contributed by atoms with E-state index >= 15 is 0 Å². The van der Waals surface area contributed by atoms with E-state index in [1.807, 2.05) is 0 Å². The van der Waals surface area contributed by atoms with Crippen molar-refractivity contribution in [2.24, 2.45) is 0 Å². The van der Waals surface area contributed by atoms with Gasteiger partial charge in [0.25, 0.3) is 0 Å². The Labute approximate surface area is 64.5 Å². The molecule has 1 heterocycles. The van der Waals surface area contributed by atoms with Crippen LogP contribution in [0.4, 0.5) is 0 Å². The maximum Gasteiger partial charge on any atom is 0.356 e. The lowest BCUT2D eigenvalue weighted by Crippen LogP contribution is -2.13. The summed E-state index contributed by atoms with van der Waals surface area (Å²) in [5.41, 5.74) is -0.373. The van der Waals surface area contributed by atoms with Gasteiger partial charge < -0.3 is 0 Å². The van der Waals surface area contributed by atoms with Gasteiger partial charge >= 0.3 is 11.1 Å². The van der Waals surface area contributed by atoms with E-state index in [1.165, 1.54) is 0 Å². The Morgan fingerprint density at radius 3 is 2.83 bits per heavy atom. The molecule has 0 aliphatic heterocycles. The second-order valence-electron chi connectivity index (χ2n) is 1.51. The van der Waals surface area contributed by atoms with E-state index in [9.17, 15) is 14.9 Å². The van der Waals surface area contributed by atoms with Crippen LogP contribution in [0.3, 0.4) is 0 Å². The van der Waals surface area contributed by atoms with E-state index in [4.69, 9.17) is 0 Å². The molecule has 0 aliphatic rings. The van der Waals surface area contributed by atoms with Crippen molar-refractivity contribution in [1.29, 1.82) is 0 Å². The molecule has 0 atom stereocenters. The van der Waals surface area contributed by atoms with Gasteiger partial charge in [0.2, 0.25) is 0 Å². The lowest BCUT2D eigenvalue weighted by atomic mass is 10.5. The number of carbonyl (C=O) groups is 1. The Bertz CT molecular complexity index is 299. The van der Waals surface area contributed by atoms with Crippen LogP contribution in [0.15, 0.2) is 6.20 Å². The summed E-state index contributed by atoms with van der Waals surface area (Å²) in [5, 5.41) is 20.7. The minimum absolute atomic E-state index is 0.373. The Hall–Kier alpha value is -2.19. The highest BCUT2D eigenvalue weighted by molar-refractivity contribution is 5.85. The topological polar surface area (TPSA) is 121 Å². The fourth-order valence-electron chi connectivity index (χ4n) is 0.406. The van der Waals surface area contributed by atoms with E-state index in [0.29, 0.717) is 0 Å². The van der Waals surface area contributed by atoms with Gasteiger partial charge in [-0.2, -0.15) is 0 Å². The molecule has 1 aromatic heterocycles. The van der Waals surface area contributed by atoms with Crippen molar-refractivity contribution in [3.63, 3.8) is 0 Å². The zero-order valence-electron chi connectivity index (χ0n) is 5.45. The van der Waals surface area contributed by atoms with Crippen LogP contribution in [-0.4, -0.2) is 31.7 Å². The van der Waals surface area contributed by atoms with Crippen molar-refractivity contribution < 1.29 is 14.7 Å². The van der Waals surface area contributed by atoms with Gasteiger partial charge in [0.15, 0.2) is 5.69 Å². The molecule has 12 heavy (non-hydrogen) atoms. The first kappa shape index (κ1) is 7.91. The third kappa shape index (κ3) is 1.90. The molecule has 0 N–H and O–H groups in total. The van der Waals surface area contributed by atoms with Crippen molar-refractivity contribution in [1.82, 2.24) is 20.6 Å². The molecule has 0 bridgehead atoms. The first-order valence-corrected chi connectivity index (χ1v) is 2.58. The lowest BCUT2D eigenvalue weighted by molar-refractivity contribution is -0.727. The predicted molar refractivity (Wildman–Crippen MR) is 30.0 cm³/mol. The molecule has 0 saturated carbocycles. The van der Waals surface area contributed by atoms with Gasteiger partial charge in [0, 0.05) is 0 Å². The van der Waals surface area contributed by atoms with Crippen LogP contribution in [0, 0.1) is 10.1 Å². The fraction of sp³-hybridized carbons (Fsp3) is 0. The molecule has 0 amide bonds. The quantitative estimate of drug-likeness (QED) is 0.394. The van der Waals surface area contributed by atoms with Gasteiger partial charge in [-0.1, -0.05) is 0 Å². The summed E-state index contributed by atoms with van der Waals surface area (Å²) >= 11 is 0. The van der Waals surface area contributed by atoms with E-state index in [2.05, 4.69) is 25.5 Å². The number of rotatable bonds is 2. The first-order chi connectivity index (χ1) is 5.70. The van der Waals surface area contributed by atoms with E-state index in [0.717, 1.165) is 6.20 Å². The monoisotopic (exact) mass is 171 g/mol. The summed E-state index contributed by atoms with van der Waals surface area (Å²) in [5.74, 6) is -1.23. The molecule has 0 saturated heterocycles. The van der Waals surface area contributed by atoms with Crippen LogP contribution >= 0.6 is 0 Å². The Kier molecular flexibility index (Phi) is 2.16. The van der Waals surface area contributed by atoms with Crippen molar-refractivity contribution in [3.05, 3.63) is 22.0 Å². The molecule has 0 aromatic carbocycles. The smallest absolute Gasteiger partial charge is 0.261 e. The summed E-state index contributed by atoms with van der Waals surface area (Å²) in [7, 11) is 0. The van der Waals surface area contributed by atoms with E-state index < -0.39 is 11.1 Å². The lowest BCUT2D eigenvalue weighted by Gasteiger charge is -1.91.